The van der Waals surface area contributed by atoms with E-state index >= 15 is 0 Å². The van der Waals surface area contributed by atoms with Crippen molar-refractivity contribution >= 4 is 28.3 Å². The second-order valence-corrected chi connectivity index (χ2v) is 7.44. The van der Waals surface area contributed by atoms with Crippen LogP contribution in [0.2, 0.25) is 0 Å². The molecule has 0 atom stereocenters. The summed E-state index contributed by atoms with van der Waals surface area (Å²) in [5, 5.41) is 21.7. The first-order chi connectivity index (χ1) is 15.6. The zero-order valence-corrected chi connectivity index (χ0v) is 17.4. The minimum absolute atomic E-state index is 0.158. The number of aromatic nitrogens is 3. The van der Waals surface area contributed by atoms with Gasteiger partial charge in [0.1, 0.15) is 17.2 Å². The van der Waals surface area contributed by atoms with Crippen LogP contribution < -0.4 is 10.6 Å². The molecule has 2 aromatic carbocycles. The summed E-state index contributed by atoms with van der Waals surface area (Å²) in [6, 6.07) is 18.1. The van der Waals surface area contributed by atoms with E-state index in [1.165, 1.54) is 0 Å². The molecule has 8 nitrogen and oxygen atoms in total. The summed E-state index contributed by atoms with van der Waals surface area (Å²) in [5.41, 5.74) is 3.56. The average Bonchev–Trinajstić information content (AvgIpc) is 3.41. The van der Waals surface area contributed by atoms with Gasteiger partial charge in [0.15, 0.2) is 11.4 Å². The Bertz CT molecular complexity index is 1400. The summed E-state index contributed by atoms with van der Waals surface area (Å²) in [7, 11) is 0. The van der Waals surface area contributed by atoms with Crippen LogP contribution in [-0.4, -0.2) is 38.7 Å². The largest absolute Gasteiger partial charge is 0.507 e. The lowest BCUT2D eigenvalue weighted by Crippen LogP contribution is -2.28. The van der Waals surface area contributed by atoms with Gasteiger partial charge in [-0.05, 0) is 31.2 Å². The van der Waals surface area contributed by atoms with Crippen LogP contribution in [0.3, 0.4) is 0 Å². The van der Waals surface area contributed by atoms with Crippen molar-refractivity contribution in [3.63, 3.8) is 0 Å². The summed E-state index contributed by atoms with van der Waals surface area (Å²) in [5.74, 6) is 0.875. The number of nitrogens with zero attached hydrogens (tertiary/aromatic N) is 3. The van der Waals surface area contributed by atoms with Crippen LogP contribution in [-0.2, 0) is 0 Å². The number of nitrogens with one attached hydrogen (secondary N) is 2. The summed E-state index contributed by atoms with van der Waals surface area (Å²) >= 11 is 0. The Labute approximate surface area is 183 Å². The molecule has 0 fully saturated rings. The van der Waals surface area contributed by atoms with Crippen LogP contribution in [0.15, 0.2) is 71.3 Å². The molecule has 3 N–H and O–H groups in total. The number of aryl methyl sites for hydroxylation is 1. The highest BCUT2D eigenvalue weighted by Gasteiger charge is 2.14. The quantitative estimate of drug-likeness (QED) is 0.354. The average molecular weight is 427 g/mol. The van der Waals surface area contributed by atoms with Crippen molar-refractivity contribution < 1.29 is 14.3 Å². The molecule has 3 heterocycles. The van der Waals surface area contributed by atoms with E-state index < -0.39 is 0 Å². The van der Waals surface area contributed by atoms with Gasteiger partial charge >= 0.3 is 0 Å². The smallest absolute Gasteiger partial charge is 0.287 e. The van der Waals surface area contributed by atoms with E-state index in [0.29, 0.717) is 41.4 Å². The van der Waals surface area contributed by atoms with E-state index in [1.807, 2.05) is 49.4 Å². The number of amides is 1. The minimum Gasteiger partial charge on any atom is -0.507 e. The second-order valence-electron chi connectivity index (χ2n) is 7.44. The maximum absolute atomic E-state index is 12.4. The third-order valence-corrected chi connectivity index (χ3v) is 5.19. The molecule has 5 rings (SSSR count). The molecule has 0 aliphatic heterocycles. The topological polar surface area (TPSA) is 105 Å². The van der Waals surface area contributed by atoms with Crippen LogP contribution in [0.25, 0.3) is 27.9 Å². The predicted octanol–water partition coefficient (Wildman–Crippen LogP) is 4.00. The van der Waals surface area contributed by atoms with E-state index in [-0.39, 0.29) is 17.4 Å². The Kier molecular flexibility index (Phi) is 4.95. The number of hydrogen-bond acceptors (Lipinski definition) is 6. The van der Waals surface area contributed by atoms with Crippen molar-refractivity contribution in [2.45, 2.75) is 6.92 Å². The Balaban J connectivity index is 1.31. The number of benzene rings is 2. The highest BCUT2D eigenvalue weighted by Crippen LogP contribution is 2.30. The number of phenols is 1. The van der Waals surface area contributed by atoms with Crippen LogP contribution in [0, 0.1) is 6.92 Å². The van der Waals surface area contributed by atoms with Crippen molar-refractivity contribution in [3.8, 4) is 17.0 Å². The normalized spacial score (nSPS) is 11.2. The first-order valence-corrected chi connectivity index (χ1v) is 10.2. The monoisotopic (exact) mass is 427 g/mol. The molecule has 3 aromatic heterocycles. The number of para-hydroxylation sites is 2. The molecule has 0 aliphatic carbocycles. The number of carbonyl (C=O) groups is 1. The molecule has 0 spiro atoms. The fourth-order valence-electron chi connectivity index (χ4n) is 3.57. The Morgan fingerprint density at radius 2 is 1.91 bits per heavy atom. The Morgan fingerprint density at radius 3 is 2.75 bits per heavy atom. The number of furan rings is 1. The lowest BCUT2D eigenvalue weighted by Gasteiger charge is -2.12. The molecule has 0 aliphatic rings. The van der Waals surface area contributed by atoms with Gasteiger partial charge in [-0.3, -0.25) is 4.79 Å². The highest BCUT2D eigenvalue weighted by molar-refractivity contribution is 5.96. The number of aromatic hydroxyl groups is 1. The molecule has 0 radical (unpaired) electrons. The van der Waals surface area contributed by atoms with E-state index in [2.05, 4.69) is 20.7 Å². The highest BCUT2D eigenvalue weighted by atomic mass is 16.3. The fourth-order valence-corrected chi connectivity index (χ4v) is 3.57. The lowest BCUT2D eigenvalue weighted by atomic mass is 10.1. The first-order valence-electron chi connectivity index (χ1n) is 10.2. The molecule has 0 saturated carbocycles. The van der Waals surface area contributed by atoms with Crippen LogP contribution in [0.5, 0.6) is 5.75 Å². The first kappa shape index (κ1) is 19.6. The zero-order chi connectivity index (χ0) is 22.1. The van der Waals surface area contributed by atoms with Gasteiger partial charge in [0.2, 0.25) is 0 Å². The van der Waals surface area contributed by atoms with Gasteiger partial charge in [-0.2, -0.15) is 9.61 Å². The molecule has 0 bridgehead atoms. The van der Waals surface area contributed by atoms with Crippen molar-refractivity contribution in [1.82, 2.24) is 19.9 Å². The van der Waals surface area contributed by atoms with Gasteiger partial charge in [-0.15, -0.1) is 0 Å². The van der Waals surface area contributed by atoms with Crippen LogP contribution in [0.1, 0.15) is 16.1 Å². The van der Waals surface area contributed by atoms with E-state index in [4.69, 9.17) is 4.42 Å². The molecular formula is C24H21N5O3. The SMILES string of the molecule is Cc1cnn2c(NCCNC(=O)c3cc4ccccc4o3)cc(-c3ccccc3O)nc12. The van der Waals surface area contributed by atoms with Gasteiger partial charge in [0.05, 0.1) is 11.9 Å². The molecule has 1 amide bonds. The fraction of sp³-hybridized carbons (Fsp3) is 0.125. The van der Waals surface area contributed by atoms with Gasteiger partial charge in [0, 0.05) is 35.7 Å². The molecule has 32 heavy (non-hydrogen) atoms. The maximum Gasteiger partial charge on any atom is 0.287 e. The van der Waals surface area contributed by atoms with Gasteiger partial charge < -0.3 is 20.2 Å². The lowest BCUT2D eigenvalue weighted by molar-refractivity contribution is 0.0929. The maximum atomic E-state index is 12.4. The molecular weight excluding hydrogens is 406 g/mol. The molecule has 0 saturated heterocycles. The van der Waals surface area contributed by atoms with Crippen molar-refractivity contribution in [2.24, 2.45) is 0 Å². The van der Waals surface area contributed by atoms with E-state index in [1.54, 1.807) is 28.9 Å². The van der Waals surface area contributed by atoms with Gasteiger partial charge in [0.25, 0.3) is 5.91 Å². The molecule has 8 heteroatoms. The van der Waals surface area contributed by atoms with Gasteiger partial charge in [-0.1, -0.05) is 30.3 Å². The number of carbonyl (C=O) groups excluding carboxylic acids is 1. The van der Waals surface area contributed by atoms with Crippen molar-refractivity contribution in [3.05, 3.63) is 78.2 Å². The summed E-state index contributed by atoms with van der Waals surface area (Å²) in [4.78, 5) is 17.1. The molecule has 160 valence electrons. The van der Waals surface area contributed by atoms with Gasteiger partial charge in [-0.25, -0.2) is 4.98 Å². The molecule has 5 aromatic rings. The van der Waals surface area contributed by atoms with Crippen LogP contribution in [0.4, 0.5) is 5.82 Å². The number of phenolic OH excluding ortho intramolecular Hbond substituents is 1. The number of hydrogen-bond donors (Lipinski definition) is 3. The van der Waals surface area contributed by atoms with Crippen molar-refractivity contribution in [2.75, 3.05) is 18.4 Å². The van der Waals surface area contributed by atoms with Crippen molar-refractivity contribution in [1.29, 1.82) is 0 Å². The standard InChI is InChI=1S/C24H21N5O3/c1-15-14-27-29-22(13-18(28-23(15)29)17-7-3-4-8-19(17)30)25-10-11-26-24(31)21-12-16-6-2-5-9-20(16)32-21/h2-9,12-14,25,30H,10-11H2,1H3,(H,26,31). The zero-order valence-electron chi connectivity index (χ0n) is 17.4. The Morgan fingerprint density at radius 1 is 1.09 bits per heavy atom. The third-order valence-electron chi connectivity index (χ3n) is 5.19. The number of fused-ring (bicyclic) bond motifs is 2. The van der Waals surface area contributed by atoms with E-state index in [9.17, 15) is 9.90 Å². The number of rotatable bonds is 6. The summed E-state index contributed by atoms with van der Waals surface area (Å²) < 4.78 is 7.31. The van der Waals surface area contributed by atoms with Crippen LogP contribution >= 0.6 is 0 Å². The Hall–Kier alpha value is -4.33. The predicted molar refractivity (Wildman–Crippen MR) is 122 cm³/mol. The van der Waals surface area contributed by atoms with E-state index in [0.717, 1.165) is 10.9 Å². The molecule has 0 unspecified atom stereocenters. The third kappa shape index (κ3) is 3.62. The number of anilines is 1. The second kappa shape index (κ2) is 8.07. The summed E-state index contributed by atoms with van der Waals surface area (Å²) in [6.07, 6.45) is 1.74. The minimum atomic E-state index is -0.271. The summed E-state index contributed by atoms with van der Waals surface area (Å²) in [6.45, 7) is 2.78.